The van der Waals surface area contributed by atoms with Gasteiger partial charge in [0.2, 0.25) is 5.91 Å². The quantitative estimate of drug-likeness (QED) is 0.892. The van der Waals surface area contributed by atoms with Crippen LogP contribution in [-0.4, -0.2) is 41.4 Å². The van der Waals surface area contributed by atoms with Crippen LogP contribution < -0.4 is 5.32 Å². The molecule has 2 aromatic carbocycles. The summed E-state index contributed by atoms with van der Waals surface area (Å²) in [5.41, 5.74) is 4.17. The van der Waals surface area contributed by atoms with Gasteiger partial charge in [0, 0.05) is 25.8 Å². The smallest absolute Gasteiger partial charge is 0.322 e. The molecule has 1 fully saturated rings. The summed E-state index contributed by atoms with van der Waals surface area (Å²) in [5, 5.41) is 2.91. The Labute approximate surface area is 161 Å². The molecule has 1 aliphatic rings. The van der Waals surface area contributed by atoms with Crippen molar-refractivity contribution < 1.29 is 9.59 Å². The highest BCUT2D eigenvalue weighted by Gasteiger charge is 2.35. The van der Waals surface area contributed by atoms with Gasteiger partial charge >= 0.3 is 6.03 Å². The summed E-state index contributed by atoms with van der Waals surface area (Å²) in [4.78, 5) is 29.0. The number of anilines is 1. The van der Waals surface area contributed by atoms with Crippen LogP contribution in [0, 0.1) is 13.8 Å². The normalized spacial score (nSPS) is 16.3. The number of nitrogens with zero attached hydrogens (tertiary/aromatic N) is 2. The van der Waals surface area contributed by atoms with Gasteiger partial charge in [0.05, 0.1) is 0 Å². The number of carbonyl (C=O) groups is 2. The highest BCUT2D eigenvalue weighted by atomic mass is 16.2. The number of hydrogen-bond acceptors (Lipinski definition) is 2. The number of carbonyl (C=O) groups excluding carboxylic acids is 2. The van der Waals surface area contributed by atoms with Gasteiger partial charge in [-0.25, -0.2) is 4.79 Å². The van der Waals surface area contributed by atoms with Crippen molar-refractivity contribution in [3.63, 3.8) is 0 Å². The van der Waals surface area contributed by atoms with E-state index in [1.54, 1.807) is 16.8 Å². The molecule has 5 heteroatoms. The number of urea groups is 1. The summed E-state index contributed by atoms with van der Waals surface area (Å²) < 4.78 is 0. The highest BCUT2D eigenvalue weighted by Crippen LogP contribution is 2.21. The van der Waals surface area contributed by atoms with E-state index >= 15 is 0 Å². The summed E-state index contributed by atoms with van der Waals surface area (Å²) in [6.07, 6.45) is 1.55. The zero-order chi connectivity index (χ0) is 19.4. The van der Waals surface area contributed by atoms with Crippen LogP contribution in [0.15, 0.2) is 48.5 Å². The number of rotatable bonds is 4. The number of likely N-dealkylation sites (N-methyl/N-ethyl adjacent to an activating group) is 1. The van der Waals surface area contributed by atoms with Gasteiger partial charge in [0.25, 0.3) is 0 Å². The summed E-state index contributed by atoms with van der Waals surface area (Å²) >= 11 is 0. The van der Waals surface area contributed by atoms with Gasteiger partial charge in [-0.15, -0.1) is 0 Å². The third-order valence-corrected chi connectivity index (χ3v) is 5.02. The second kappa shape index (κ2) is 8.25. The molecule has 0 aliphatic carbocycles. The molecule has 1 heterocycles. The fraction of sp³-hybridized carbons (Fsp3) is 0.364. The minimum atomic E-state index is -0.397. The van der Waals surface area contributed by atoms with Crippen LogP contribution in [0.4, 0.5) is 10.5 Å². The maximum Gasteiger partial charge on any atom is 0.322 e. The Morgan fingerprint density at radius 2 is 1.63 bits per heavy atom. The first-order chi connectivity index (χ1) is 12.9. The Bertz CT molecular complexity index is 799. The third kappa shape index (κ3) is 4.67. The van der Waals surface area contributed by atoms with Crippen LogP contribution in [0.2, 0.25) is 0 Å². The Morgan fingerprint density at radius 1 is 1.04 bits per heavy atom. The van der Waals surface area contributed by atoms with E-state index in [4.69, 9.17) is 0 Å². The average Bonchev–Trinajstić information content (AvgIpc) is 3.14. The van der Waals surface area contributed by atoms with E-state index in [9.17, 15) is 9.59 Å². The maximum absolute atomic E-state index is 12.9. The molecule has 3 rings (SSSR count). The molecule has 0 unspecified atom stereocenters. The van der Waals surface area contributed by atoms with Crippen molar-refractivity contribution in [2.45, 2.75) is 39.3 Å². The summed E-state index contributed by atoms with van der Waals surface area (Å²) in [5.74, 6) is -0.00729. The lowest BCUT2D eigenvalue weighted by atomic mass is 10.1. The Balaban J connectivity index is 1.63. The van der Waals surface area contributed by atoms with Gasteiger partial charge in [0.1, 0.15) is 6.04 Å². The molecular formula is C22H27N3O2. The minimum absolute atomic E-state index is 0.00729. The van der Waals surface area contributed by atoms with Gasteiger partial charge in [-0.1, -0.05) is 47.5 Å². The lowest BCUT2D eigenvalue weighted by Crippen LogP contribution is -2.47. The molecular weight excluding hydrogens is 338 g/mol. The largest absolute Gasteiger partial charge is 0.340 e. The Kier molecular flexibility index (Phi) is 5.79. The van der Waals surface area contributed by atoms with Crippen molar-refractivity contribution in [3.05, 3.63) is 65.2 Å². The molecule has 0 radical (unpaired) electrons. The zero-order valence-corrected chi connectivity index (χ0v) is 16.2. The molecule has 27 heavy (non-hydrogen) atoms. The van der Waals surface area contributed by atoms with Crippen LogP contribution in [0.1, 0.15) is 29.5 Å². The fourth-order valence-electron chi connectivity index (χ4n) is 3.40. The predicted molar refractivity (Wildman–Crippen MR) is 108 cm³/mol. The van der Waals surface area contributed by atoms with Crippen LogP contribution in [0.25, 0.3) is 0 Å². The zero-order valence-electron chi connectivity index (χ0n) is 16.2. The Morgan fingerprint density at radius 3 is 2.26 bits per heavy atom. The van der Waals surface area contributed by atoms with Crippen LogP contribution in [-0.2, 0) is 11.3 Å². The molecule has 1 saturated heterocycles. The minimum Gasteiger partial charge on any atom is -0.340 e. The second-order valence-corrected chi connectivity index (χ2v) is 7.33. The first-order valence-corrected chi connectivity index (χ1v) is 9.39. The van der Waals surface area contributed by atoms with Crippen molar-refractivity contribution >= 4 is 17.6 Å². The second-order valence-electron chi connectivity index (χ2n) is 7.33. The topological polar surface area (TPSA) is 52.7 Å². The molecule has 0 spiro atoms. The summed E-state index contributed by atoms with van der Waals surface area (Å²) in [6.45, 7) is 5.20. The molecule has 0 saturated carbocycles. The Hall–Kier alpha value is -2.82. The molecule has 3 amide bonds. The molecule has 5 nitrogen and oxygen atoms in total. The van der Waals surface area contributed by atoms with Crippen LogP contribution >= 0.6 is 0 Å². The number of amides is 3. The van der Waals surface area contributed by atoms with E-state index in [-0.39, 0.29) is 11.9 Å². The van der Waals surface area contributed by atoms with Crippen LogP contribution in [0.3, 0.4) is 0 Å². The van der Waals surface area contributed by atoms with Gasteiger partial charge < -0.3 is 15.1 Å². The molecule has 0 bridgehead atoms. The van der Waals surface area contributed by atoms with E-state index in [0.717, 1.165) is 23.2 Å². The molecule has 0 aromatic heterocycles. The first-order valence-electron chi connectivity index (χ1n) is 9.39. The SMILES string of the molecule is Cc1ccc(CN(C)C(=O)[C@H]2CCCN2C(=O)Nc2ccc(C)cc2)cc1. The number of nitrogens with one attached hydrogen (secondary N) is 1. The fourth-order valence-corrected chi connectivity index (χ4v) is 3.40. The van der Waals surface area contributed by atoms with Crippen molar-refractivity contribution in [3.8, 4) is 0 Å². The number of likely N-dealkylation sites (tertiary alicyclic amines) is 1. The van der Waals surface area contributed by atoms with E-state index < -0.39 is 6.04 Å². The monoisotopic (exact) mass is 365 g/mol. The van der Waals surface area contributed by atoms with Crippen molar-refractivity contribution in [1.29, 1.82) is 0 Å². The van der Waals surface area contributed by atoms with E-state index in [0.29, 0.717) is 19.5 Å². The molecule has 1 aliphatic heterocycles. The number of benzene rings is 2. The van der Waals surface area contributed by atoms with Crippen molar-refractivity contribution in [1.82, 2.24) is 9.80 Å². The lowest BCUT2D eigenvalue weighted by Gasteiger charge is -2.28. The van der Waals surface area contributed by atoms with E-state index in [1.165, 1.54) is 5.56 Å². The molecule has 2 aromatic rings. The number of aryl methyl sites for hydroxylation is 2. The average molecular weight is 365 g/mol. The maximum atomic E-state index is 12.9. The van der Waals surface area contributed by atoms with E-state index in [1.807, 2.05) is 62.4 Å². The van der Waals surface area contributed by atoms with Crippen molar-refractivity contribution in [2.24, 2.45) is 0 Å². The molecule has 1 N–H and O–H groups in total. The van der Waals surface area contributed by atoms with Gasteiger partial charge in [-0.2, -0.15) is 0 Å². The third-order valence-electron chi connectivity index (χ3n) is 5.02. The highest BCUT2D eigenvalue weighted by molar-refractivity contribution is 5.94. The van der Waals surface area contributed by atoms with Crippen LogP contribution in [0.5, 0.6) is 0 Å². The lowest BCUT2D eigenvalue weighted by molar-refractivity contribution is -0.134. The first kappa shape index (κ1) is 19.0. The van der Waals surface area contributed by atoms with Gasteiger partial charge in [0.15, 0.2) is 0 Å². The van der Waals surface area contributed by atoms with Gasteiger partial charge in [-0.3, -0.25) is 4.79 Å². The summed E-state index contributed by atoms with van der Waals surface area (Å²) in [7, 11) is 1.80. The number of hydrogen-bond donors (Lipinski definition) is 1. The summed E-state index contributed by atoms with van der Waals surface area (Å²) in [6, 6.07) is 15.2. The standard InChI is InChI=1S/C22H27N3O2/c1-16-6-10-18(11-7-16)15-24(3)21(26)20-5-4-14-25(20)22(27)23-19-12-8-17(2)9-13-19/h6-13,20H,4-5,14-15H2,1-3H3,(H,23,27)/t20-/m1/s1. The predicted octanol–water partition coefficient (Wildman–Crippen LogP) is 3.96. The van der Waals surface area contributed by atoms with Gasteiger partial charge in [-0.05, 0) is 44.4 Å². The van der Waals surface area contributed by atoms with E-state index in [2.05, 4.69) is 5.32 Å². The molecule has 142 valence electrons. The van der Waals surface area contributed by atoms with Crippen molar-refractivity contribution in [2.75, 3.05) is 18.9 Å². The molecule has 1 atom stereocenters.